The molecule has 0 saturated carbocycles. The fourth-order valence-corrected chi connectivity index (χ4v) is 5.49. The molecule has 0 heterocycles. The molecule has 4 aromatic carbocycles. The zero-order valence-corrected chi connectivity index (χ0v) is 21.2. The fourth-order valence-electron chi connectivity index (χ4n) is 3.50. The van der Waals surface area contributed by atoms with Gasteiger partial charge < -0.3 is 0 Å². The number of hydrogen-bond donors (Lipinski definition) is 1. The van der Waals surface area contributed by atoms with Gasteiger partial charge in [0.1, 0.15) is 0 Å². The Labute approximate surface area is 219 Å². The van der Waals surface area contributed by atoms with Crippen molar-refractivity contribution >= 4 is 51.0 Å². The molecule has 1 amide bonds. The summed E-state index contributed by atoms with van der Waals surface area (Å²) >= 11 is 12.3. The zero-order chi connectivity index (χ0) is 25.5. The van der Waals surface area contributed by atoms with E-state index >= 15 is 0 Å². The molecule has 0 aliphatic rings. The van der Waals surface area contributed by atoms with Crippen LogP contribution in [0.15, 0.2) is 113 Å². The Morgan fingerprint density at radius 2 is 1.39 bits per heavy atom. The largest absolute Gasteiger partial charge is 0.273 e. The number of benzene rings is 4. The van der Waals surface area contributed by atoms with E-state index in [4.69, 9.17) is 23.2 Å². The maximum atomic E-state index is 13.7. The van der Waals surface area contributed by atoms with Gasteiger partial charge >= 0.3 is 0 Å². The Bertz CT molecular complexity index is 1480. The van der Waals surface area contributed by atoms with E-state index in [2.05, 4.69) is 10.5 Å². The van der Waals surface area contributed by atoms with E-state index in [1.807, 2.05) is 30.3 Å². The number of rotatable bonds is 8. The fraction of sp³-hybridized carbons (Fsp3) is 0.0370. The van der Waals surface area contributed by atoms with E-state index in [1.165, 1.54) is 22.7 Å². The van der Waals surface area contributed by atoms with Crippen LogP contribution in [0.25, 0.3) is 0 Å². The summed E-state index contributed by atoms with van der Waals surface area (Å²) in [7, 11) is -4.00. The number of para-hydroxylation sites is 1. The molecule has 0 aliphatic heterocycles. The number of carbonyl (C=O) groups is 1. The lowest BCUT2D eigenvalue weighted by Crippen LogP contribution is -2.33. The smallest absolute Gasteiger partial charge is 0.267 e. The van der Waals surface area contributed by atoms with Crippen molar-refractivity contribution in [3.8, 4) is 0 Å². The SMILES string of the molecule is O=C(N/N=C\c1c(Cl)cccc1Cl)c1ccccc1N(Cc1ccccc1)S(=O)(=O)c1ccccc1. The summed E-state index contributed by atoms with van der Waals surface area (Å²) in [6, 6.07) is 28.7. The monoisotopic (exact) mass is 537 g/mol. The van der Waals surface area contributed by atoms with Crippen molar-refractivity contribution in [1.29, 1.82) is 0 Å². The van der Waals surface area contributed by atoms with Gasteiger partial charge in [-0.3, -0.25) is 9.10 Å². The Morgan fingerprint density at radius 1 is 0.806 bits per heavy atom. The van der Waals surface area contributed by atoms with Crippen LogP contribution in [-0.2, 0) is 16.6 Å². The third-order valence-corrected chi connectivity index (χ3v) is 7.71. The minimum atomic E-state index is -4.00. The van der Waals surface area contributed by atoms with Gasteiger partial charge in [-0.15, -0.1) is 0 Å². The van der Waals surface area contributed by atoms with Gasteiger partial charge in [-0.2, -0.15) is 5.10 Å². The van der Waals surface area contributed by atoms with Gasteiger partial charge in [0, 0.05) is 5.56 Å². The van der Waals surface area contributed by atoms with Gasteiger partial charge in [-0.25, -0.2) is 13.8 Å². The molecular formula is C27H21Cl2N3O3S. The van der Waals surface area contributed by atoms with Crippen LogP contribution in [0.3, 0.4) is 0 Å². The summed E-state index contributed by atoms with van der Waals surface area (Å²) in [5.74, 6) is -0.591. The van der Waals surface area contributed by atoms with E-state index in [0.29, 0.717) is 15.6 Å². The zero-order valence-electron chi connectivity index (χ0n) is 18.9. The number of nitrogens with one attached hydrogen (secondary N) is 1. The summed E-state index contributed by atoms with van der Waals surface area (Å²) in [5.41, 5.74) is 4.01. The van der Waals surface area contributed by atoms with Crippen LogP contribution in [0.2, 0.25) is 10.0 Å². The topological polar surface area (TPSA) is 78.8 Å². The first-order valence-corrected chi connectivity index (χ1v) is 13.1. The molecule has 1 N–H and O–H groups in total. The number of anilines is 1. The Balaban J connectivity index is 1.71. The van der Waals surface area contributed by atoms with Crippen molar-refractivity contribution in [1.82, 2.24) is 5.43 Å². The Hall–Kier alpha value is -3.65. The van der Waals surface area contributed by atoms with Crippen LogP contribution in [0.5, 0.6) is 0 Å². The molecule has 0 aromatic heterocycles. The van der Waals surface area contributed by atoms with E-state index in [-0.39, 0.29) is 22.7 Å². The van der Waals surface area contributed by atoms with Crippen molar-refractivity contribution in [3.05, 3.63) is 130 Å². The van der Waals surface area contributed by atoms with E-state index in [1.54, 1.807) is 60.7 Å². The quantitative estimate of drug-likeness (QED) is 0.216. The molecule has 0 unspecified atom stereocenters. The van der Waals surface area contributed by atoms with Gasteiger partial charge in [0.2, 0.25) is 0 Å². The average molecular weight is 538 g/mol. The molecule has 0 aliphatic carbocycles. The number of nitrogens with zero attached hydrogens (tertiary/aromatic N) is 2. The standard InChI is InChI=1S/C27H21Cl2N3O3S/c28-24-15-9-16-25(29)23(24)18-30-31-27(33)22-14-7-8-17-26(22)32(19-20-10-3-1-4-11-20)36(34,35)21-12-5-2-6-13-21/h1-18H,19H2,(H,31,33)/b30-18-. The van der Waals surface area contributed by atoms with Crippen LogP contribution < -0.4 is 9.73 Å². The number of amides is 1. The van der Waals surface area contributed by atoms with E-state index in [9.17, 15) is 13.2 Å². The van der Waals surface area contributed by atoms with Crippen LogP contribution >= 0.6 is 23.2 Å². The molecule has 0 spiro atoms. The molecule has 0 radical (unpaired) electrons. The molecule has 36 heavy (non-hydrogen) atoms. The first-order valence-electron chi connectivity index (χ1n) is 10.9. The highest BCUT2D eigenvalue weighted by Crippen LogP contribution is 2.29. The summed E-state index contributed by atoms with van der Waals surface area (Å²) in [5, 5.41) is 4.74. The predicted octanol–water partition coefficient (Wildman–Crippen LogP) is 6.15. The van der Waals surface area contributed by atoms with E-state index < -0.39 is 15.9 Å². The van der Waals surface area contributed by atoms with Crippen LogP contribution in [-0.4, -0.2) is 20.5 Å². The van der Waals surface area contributed by atoms with Crippen LogP contribution in [0.1, 0.15) is 21.5 Å². The second-order valence-electron chi connectivity index (χ2n) is 7.66. The third-order valence-electron chi connectivity index (χ3n) is 5.28. The van der Waals surface area contributed by atoms with Crippen molar-refractivity contribution in [2.24, 2.45) is 5.10 Å². The van der Waals surface area contributed by atoms with Gasteiger partial charge in [0.05, 0.1) is 39.0 Å². The third kappa shape index (κ3) is 5.76. The van der Waals surface area contributed by atoms with Gasteiger partial charge in [0.15, 0.2) is 0 Å². The molecule has 182 valence electrons. The first-order chi connectivity index (χ1) is 17.4. The van der Waals surface area contributed by atoms with Crippen molar-refractivity contribution in [2.45, 2.75) is 11.4 Å². The normalized spacial score (nSPS) is 11.4. The van der Waals surface area contributed by atoms with Crippen molar-refractivity contribution < 1.29 is 13.2 Å². The number of hydrogen-bond acceptors (Lipinski definition) is 4. The van der Waals surface area contributed by atoms with Gasteiger partial charge in [0.25, 0.3) is 15.9 Å². The number of halogens is 2. The second kappa shape index (κ2) is 11.4. The lowest BCUT2D eigenvalue weighted by atomic mass is 10.1. The van der Waals surface area contributed by atoms with Crippen molar-refractivity contribution in [3.63, 3.8) is 0 Å². The van der Waals surface area contributed by atoms with Gasteiger partial charge in [-0.1, -0.05) is 89.9 Å². The van der Waals surface area contributed by atoms with Crippen LogP contribution in [0.4, 0.5) is 5.69 Å². The number of carbonyl (C=O) groups excluding carboxylic acids is 1. The average Bonchev–Trinajstić information content (AvgIpc) is 2.90. The first kappa shape index (κ1) is 25.4. The molecule has 0 saturated heterocycles. The maximum Gasteiger partial charge on any atom is 0.273 e. The number of hydrazone groups is 1. The molecule has 6 nitrogen and oxygen atoms in total. The summed E-state index contributed by atoms with van der Waals surface area (Å²) in [6.07, 6.45) is 1.34. The molecule has 0 fully saturated rings. The lowest BCUT2D eigenvalue weighted by molar-refractivity contribution is 0.0955. The summed E-state index contributed by atoms with van der Waals surface area (Å²) in [4.78, 5) is 13.2. The predicted molar refractivity (Wildman–Crippen MR) is 144 cm³/mol. The number of sulfonamides is 1. The highest BCUT2D eigenvalue weighted by Gasteiger charge is 2.28. The highest BCUT2D eigenvalue weighted by molar-refractivity contribution is 7.92. The molecule has 4 rings (SSSR count). The molecule has 9 heteroatoms. The molecular weight excluding hydrogens is 517 g/mol. The minimum Gasteiger partial charge on any atom is -0.267 e. The Kier molecular flexibility index (Phi) is 8.05. The van der Waals surface area contributed by atoms with Crippen molar-refractivity contribution in [2.75, 3.05) is 4.31 Å². The Morgan fingerprint density at radius 3 is 2.06 bits per heavy atom. The minimum absolute atomic E-state index is 0.0286. The van der Waals surface area contributed by atoms with Gasteiger partial charge in [-0.05, 0) is 42.0 Å². The summed E-state index contributed by atoms with van der Waals surface area (Å²) in [6.45, 7) is 0.0286. The molecule has 0 bridgehead atoms. The van der Waals surface area contributed by atoms with E-state index in [0.717, 1.165) is 5.56 Å². The second-order valence-corrected chi connectivity index (χ2v) is 10.3. The maximum absolute atomic E-state index is 13.7. The highest BCUT2D eigenvalue weighted by atomic mass is 35.5. The molecule has 0 atom stereocenters. The summed E-state index contributed by atoms with van der Waals surface area (Å²) < 4.78 is 28.7. The lowest BCUT2D eigenvalue weighted by Gasteiger charge is -2.26. The van der Waals surface area contributed by atoms with Crippen LogP contribution in [0, 0.1) is 0 Å². The molecule has 4 aromatic rings.